The summed E-state index contributed by atoms with van der Waals surface area (Å²) in [7, 11) is -1.09. The van der Waals surface area contributed by atoms with Crippen molar-refractivity contribution in [2.45, 2.75) is 11.8 Å². The Morgan fingerprint density at radius 2 is 1.71 bits per heavy atom. The maximum Gasteiger partial charge on any atom is 0.262 e. The van der Waals surface area contributed by atoms with Gasteiger partial charge in [-0.15, -0.1) is 0 Å². The van der Waals surface area contributed by atoms with Gasteiger partial charge in [-0.05, 0) is 36.2 Å². The summed E-state index contributed by atoms with van der Waals surface area (Å²) in [6, 6.07) is 8.21. The molecule has 0 atom stereocenters. The van der Waals surface area contributed by atoms with Crippen LogP contribution in [0.2, 0.25) is 0 Å². The van der Waals surface area contributed by atoms with Crippen molar-refractivity contribution < 1.29 is 27.8 Å². The monoisotopic (exact) mass is 350 g/mol. The Morgan fingerprint density at radius 3 is 2.29 bits per heavy atom. The second-order valence-electron chi connectivity index (χ2n) is 4.94. The number of carboxylic acid groups (broad SMARTS) is 1. The first-order chi connectivity index (χ1) is 11.3. The van der Waals surface area contributed by atoms with E-state index in [0.717, 1.165) is 0 Å². The van der Waals surface area contributed by atoms with Gasteiger partial charge in [0.05, 0.1) is 30.8 Å². The third-order valence-electron chi connectivity index (χ3n) is 3.38. The van der Waals surface area contributed by atoms with Gasteiger partial charge in [-0.1, -0.05) is 12.1 Å². The Morgan fingerprint density at radius 1 is 1.04 bits per heavy atom. The molecule has 0 spiro atoms. The summed E-state index contributed by atoms with van der Waals surface area (Å²) in [6.45, 7) is 1.66. The molecule has 0 bridgehead atoms. The molecule has 0 amide bonds. The fraction of sp³-hybridized carbons (Fsp3) is 0.188. The van der Waals surface area contributed by atoms with Crippen molar-refractivity contribution in [1.29, 1.82) is 0 Å². The Balaban J connectivity index is 2.42. The first kappa shape index (κ1) is 17.6. The Labute approximate surface area is 139 Å². The third-order valence-corrected chi connectivity index (χ3v) is 4.75. The van der Waals surface area contributed by atoms with Crippen molar-refractivity contribution in [1.82, 2.24) is 0 Å². The molecule has 128 valence electrons. The average molecular weight is 350 g/mol. The Bertz CT molecular complexity index is 876. The molecule has 0 aromatic heterocycles. The van der Waals surface area contributed by atoms with Crippen LogP contribution in [0.1, 0.15) is 15.9 Å². The number of ether oxygens (including phenoxy) is 2. The smallest absolute Gasteiger partial charge is 0.262 e. The first-order valence-corrected chi connectivity index (χ1v) is 8.33. The lowest BCUT2D eigenvalue weighted by molar-refractivity contribution is -0.255. The van der Waals surface area contributed by atoms with Crippen molar-refractivity contribution in [3.63, 3.8) is 0 Å². The van der Waals surface area contributed by atoms with Crippen LogP contribution < -0.4 is 19.3 Å². The molecule has 2 aromatic rings. The van der Waals surface area contributed by atoms with Gasteiger partial charge in [-0.3, -0.25) is 4.72 Å². The molecule has 0 saturated carbocycles. The number of sulfonamides is 1. The molecule has 0 aliphatic rings. The van der Waals surface area contributed by atoms with E-state index in [1.807, 2.05) is 0 Å². The molecule has 1 N–H and O–H groups in total. The molecule has 7 nitrogen and oxygen atoms in total. The highest BCUT2D eigenvalue weighted by molar-refractivity contribution is 7.92. The fourth-order valence-electron chi connectivity index (χ4n) is 2.05. The van der Waals surface area contributed by atoms with E-state index in [0.29, 0.717) is 11.3 Å². The van der Waals surface area contributed by atoms with Gasteiger partial charge >= 0.3 is 0 Å². The topological polar surface area (TPSA) is 105 Å². The molecule has 0 radical (unpaired) electrons. The van der Waals surface area contributed by atoms with Crippen molar-refractivity contribution in [2.24, 2.45) is 0 Å². The number of carbonyl (C=O) groups is 1. The summed E-state index contributed by atoms with van der Waals surface area (Å²) in [4.78, 5) is 10.9. The summed E-state index contributed by atoms with van der Waals surface area (Å²) < 4.78 is 37.6. The second-order valence-corrected chi connectivity index (χ2v) is 6.62. The van der Waals surface area contributed by atoms with Crippen LogP contribution in [0.4, 0.5) is 5.69 Å². The van der Waals surface area contributed by atoms with Gasteiger partial charge < -0.3 is 19.4 Å². The maximum absolute atomic E-state index is 12.5. The van der Waals surface area contributed by atoms with Crippen LogP contribution in [0.5, 0.6) is 11.5 Å². The van der Waals surface area contributed by atoms with Gasteiger partial charge in [0.15, 0.2) is 11.5 Å². The van der Waals surface area contributed by atoms with Gasteiger partial charge in [0.25, 0.3) is 10.0 Å². The number of methoxy groups -OCH3 is 2. The fourth-order valence-corrected chi connectivity index (χ4v) is 3.18. The van der Waals surface area contributed by atoms with E-state index >= 15 is 0 Å². The summed E-state index contributed by atoms with van der Waals surface area (Å²) in [5.74, 6) is -0.728. The molecule has 8 heteroatoms. The van der Waals surface area contributed by atoms with Gasteiger partial charge in [-0.2, -0.15) is 0 Å². The SMILES string of the molecule is COc1ccc(S(=O)(=O)Nc2cc(C(=O)[O-])ccc2C)cc1OC. The Kier molecular flexibility index (Phi) is 4.99. The molecule has 0 aliphatic heterocycles. The average Bonchev–Trinajstić information content (AvgIpc) is 2.55. The minimum atomic E-state index is -3.93. The van der Waals surface area contributed by atoms with E-state index in [4.69, 9.17) is 9.47 Å². The summed E-state index contributed by atoms with van der Waals surface area (Å²) in [6.07, 6.45) is 0. The molecule has 0 unspecified atom stereocenters. The van der Waals surface area contributed by atoms with E-state index in [1.165, 1.54) is 50.6 Å². The standard InChI is InChI=1S/C16H17NO6S/c1-10-4-5-11(16(18)19)8-13(10)17-24(20,21)12-6-7-14(22-2)15(9-12)23-3/h4-9,17H,1-3H3,(H,18,19)/p-1. The van der Waals surface area contributed by atoms with Crippen LogP contribution in [0.3, 0.4) is 0 Å². The Hall–Kier alpha value is -2.74. The lowest BCUT2D eigenvalue weighted by Gasteiger charge is -2.14. The van der Waals surface area contributed by atoms with Crippen molar-refractivity contribution in [3.05, 3.63) is 47.5 Å². The molecule has 0 fully saturated rings. The number of aromatic carboxylic acids is 1. The highest BCUT2D eigenvalue weighted by atomic mass is 32.2. The number of carbonyl (C=O) groups excluding carboxylic acids is 1. The predicted octanol–water partition coefficient (Wildman–Crippen LogP) is 1.18. The minimum absolute atomic E-state index is 0.0431. The first-order valence-electron chi connectivity index (χ1n) is 6.85. The van der Waals surface area contributed by atoms with Gasteiger partial charge in [-0.25, -0.2) is 8.42 Å². The van der Waals surface area contributed by atoms with Crippen LogP contribution in [0.25, 0.3) is 0 Å². The zero-order valence-electron chi connectivity index (χ0n) is 13.3. The summed E-state index contributed by atoms with van der Waals surface area (Å²) in [5.41, 5.74) is 0.612. The van der Waals surface area contributed by atoms with Crippen LogP contribution in [-0.2, 0) is 10.0 Å². The molecular formula is C16H16NO6S-. The molecule has 0 aliphatic carbocycles. The second kappa shape index (κ2) is 6.79. The number of hydrogen-bond acceptors (Lipinski definition) is 6. The lowest BCUT2D eigenvalue weighted by Crippen LogP contribution is -2.22. The third kappa shape index (κ3) is 3.60. The molecular weight excluding hydrogens is 334 g/mol. The van der Waals surface area contributed by atoms with Crippen molar-refractivity contribution in [3.8, 4) is 11.5 Å². The number of carboxylic acids is 1. The molecule has 0 heterocycles. The van der Waals surface area contributed by atoms with Crippen LogP contribution in [0, 0.1) is 6.92 Å². The number of aryl methyl sites for hydroxylation is 1. The molecule has 24 heavy (non-hydrogen) atoms. The number of benzene rings is 2. The number of nitrogens with one attached hydrogen (secondary N) is 1. The van der Waals surface area contributed by atoms with E-state index in [1.54, 1.807) is 6.92 Å². The van der Waals surface area contributed by atoms with Crippen molar-refractivity contribution in [2.75, 3.05) is 18.9 Å². The number of anilines is 1. The molecule has 2 aromatic carbocycles. The highest BCUT2D eigenvalue weighted by Crippen LogP contribution is 2.30. The van der Waals surface area contributed by atoms with Gasteiger partial charge in [0, 0.05) is 6.07 Å². The van der Waals surface area contributed by atoms with Crippen LogP contribution in [-0.4, -0.2) is 28.6 Å². The van der Waals surface area contributed by atoms with Crippen molar-refractivity contribution >= 4 is 21.7 Å². The highest BCUT2D eigenvalue weighted by Gasteiger charge is 2.18. The summed E-state index contributed by atoms with van der Waals surface area (Å²) in [5, 5.41) is 10.9. The van der Waals surface area contributed by atoms with Crippen LogP contribution in [0.15, 0.2) is 41.3 Å². The normalized spacial score (nSPS) is 11.0. The zero-order chi connectivity index (χ0) is 17.9. The quantitative estimate of drug-likeness (QED) is 0.839. The predicted molar refractivity (Wildman–Crippen MR) is 85.9 cm³/mol. The van der Waals surface area contributed by atoms with Gasteiger partial charge in [0.1, 0.15) is 0 Å². The number of rotatable bonds is 6. The van der Waals surface area contributed by atoms with E-state index in [9.17, 15) is 18.3 Å². The minimum Gasteiger partial charge on any atom is -0.545 e. The maximum atomic E-state index is 12.5. The molecule has 0 saturated heterocycles. The molecule has 2 rings (SSSR count). The lowest BCUT2D eigenvalue weighted by atomic mass is 10.1. The number of hydrogen-bond donors (Lipinski definition) is 1. The van der Waals surface area contributed by atoms with E-state index in [-0.39, 0.29) is 21.9 Å². The van der Waals surface area contributed by atoms with Gasteiger partial charge in [0.2, 0.25) is 0 Å². The largest absolute Gasteiger partial charge is 0.545 e. The van der Waals surface area contributed by atoms with E-state index in [2.05, 4.69) is 4.72 Å². The van der Waals surface area contributed by atoms with Crippen LogP contribution >= 0.6 is 0 Å². The zero-order valence-corrected chi connectivity index (χ0v) is 14.1. The van der Waals surface area contributed by atoms with E-state index < -0.39 is 16.0 Å². The summed E-state index contributed by atoms with van der Waals surface area (Å²) >= 11 is 0.